The smallest absolute Gasteiger partial charge is 0.123 e. The normalized spacial score (nSPS) is 10.5. The monoisotopic (exact) mass is 221 g/mol. The van der Waals surface area contributed by atoms with Crippen molar-refractivity contribution in [3.8, 4) is 5.75 Å². The summed E-state index contributed by atoms with van der Waals surface area (Å²) in [6.07, 6.45) is 0. The Kier molecular flexibility index (Phi) is 4.31. The largest absolute Gasteiger partial charge is 0.492 e. The van der Waals surface area contributed by atoms with E-state index in [1.54, 1.807) is 0 Å². The molecule has 4 nitrogen and oxygen atoms in total. The topological polar surface area (TPSA) is 62.3 Å². The van der Waals surface area contributed by atoms with Gasteiger partial charge in [0.05, 0.1) is 0 Å². The summed E-state index contributed by atoms with van der Waals surface area (Å²) in [5.41, 5.74) is 7.17. The van der Waals surface area contributed by atoms with Crippen LogP contribution < -0.4 is 10.5 Å². The third kappa shape index (κ3) is 3.55. The Morgan fingerprint density at radius 2 is 2.12 bits per heavy atom. The molecule has 16 heavy (non-hydrogen) atoms. The Hall–Kier alpha value is -1.55. The molecule has 0 fully saturated rings. The molecule has 0 bridgehead atoms. The molecule has 0 aliphatic rings. The van der Waals surface area contributed by atoms with Crippen LogP contribution >= 0.6 is 0 Å². The molecular weight excluding hydrogens is 202 g/mol. The Bertz CT molecular complexity index is 375. The molecule has 0 aromatic heterocycles. The van der Waals surface area contributed by atoms with Crippen LogP contribution in [0, 0.1) is 12.3 Å². The quantitative estimate of drug-likeness (QED) is 0.580. The van der Waals surface area contributed by atoms with Crippen molar-refractivity contribution in [2.75, 3.05) is 27.2 Å². The van der Waals surface area contributed by atoms with E-state index in [1.807, 2.05) is 39.2 Å². The second-order valence-corrected chi connectivity index (χ2v) is 4.04. The van der Waals surface area contributed by atoms with Crippen LogP contribution in [-0.2, 0) is 0 Å². The lowest BCUT2D eigenvalue weighted by molar-refractivity contribution is 0.261. The average Bonchev–Trinajstić information content (AvgIpc) is 2.16. The Balaban J connectivity index is 2.63. The van der Waals surface area contributed by atoms with Crippen LogP contribution in [0.5, 0.6) is 5.75 Å². The average molecular weight is 221 g/mol. The van der Waals surface area contributed by atoms with Gasteiger partial charge in [-0.3, -0.25) is 5.41 Å². The van der Waals surface area contributed by atoms with Crippen molar-refractivity contribution in [2.45, 2.75) is 6.92 Å². The zero-order valence-electron chi connectivity index (χ0n) is 10.1. The van der Waals surface area contributed by atoms with Gasteiger partial charge in [0.25, 0.3) is 0 Å². The molecule has 0 aliphatic heterocycles. The van der Waals surface area contributed by atoms with E-state index in [-0.39, 0.29) is 5.84 Å². The minimum Gasteiger partial charge on any atom is -0.492 e. The number of hydrogen-bond donors (Lipinski definition) is 2. The molecule has 0 atom stereocenters. The summed E-state index contributed by atoms with van der Waals surface area (Å²) in [5, 5.41) is 7.37. The maximum Gasteiger partial charge on any atom is 0.123 e. The van der Waals surface area contributed by atoms with Crippen molar-refractivity contribution in [1.29, 1.82) is 5.41 Å². The van der Waals surface area contributed by atoms with Gasteiger partial charge in [-0.25, -0.2) is 0 Å². The third-order valence-electron chi connectivity index (χ3n) is 2.30. The molecule has 0 spiro atoms. The van der Waals surface area contributed by atoms with Crippen molar-refractivity contribution in [3.63, 3.8) is 0 Å². The zero-order chi connectivity index (χ0) is 12.1. The van der Waals surface area contributed by atoms with E-state index in [0.717, 1.165) is 23.4 Å². The number of benzene rings is 1. The maximum absolute atomic E-state index is 7.37. The summed E-state index contributed by atoms with van der Waals surface area (Å²) in [6.45, 7) is 3.47. The van der Waals surface area contributed by atoms with Crippen LogP contribution in [0.3, 0.4) is 0 Å². The number of nitrogens with zero attached hydrogens (tertiary/aromatic N) is 1. The van der Waals surface area contributed by atoms with Crippen LogP contribution in [0.15, 0.2) is 18.2 Å². The summed E-state index contributed by atoms with van der Waals surface area (Å²) in [7, 11) is 4.01. The van der Waals surface area contributed by atoms with Crippen LogP contribution in [0.2, 0.25) is 0 Å². The molecular formula is C12H19N3O. The zero-order valence-corrected chi connectivity index (χ0v) is 10.1. The SMILES string of the molecule is Cc1cc(OCCN(C)C)ccc1C(=N)N. The maximum atomic E-state index is 7.37. The first kappa shape index (κ1) is 12.5. The second kappa shape index (κ2) is 5.51. The lowest BCUT2D eigenvalue weighted by Crippen LogP contribution is -2.19. The number of nitrogens with one attached hydrogen (secondary N) is 1. The van der Waals surface area contributed by atoms with Gasteiger partial charge in [0.15, 0.2) is 0 Å². The van der Waals surface area contributed by atoms with Crippen molar-refractivity contribution >= 4 is 5.84 Å². The van der Waals surface area contributed by atoms with Gasteiger partial charge in [0.1, 0.15) is 18.2 Å². The molecule has 1 aromatic carbocycles. The highest BCUT2D eigenvalue weighted by atomic mass is 16.5. The Labute approximate surface area is 96.5 Å². The molecule has 1 rings (SSSR count). The third-order valence-corrected chi connectivity index (χ3v) is 2.30. The molecule has 0 aliphatic carbocycles. The van der Waals surface area contributed by atoms with Gasteiger partial charge in [-0.05, 0) is 44.8 Å². The van der Waals surface area contributed by atoms with Crippen molar-refractivity contribution < 1.29 is 4.74 Å². The Morgan fingerprint density at radius 3 is 2.62 bits per heavy atom. The molecule has 3 N–H and O–H groups in total. The highest BCUT2D eigenvalue weighted by Crippen LogP contribution is 2.16. The summed E-state index contributed by atoms with van der Waals surface area (Å²) in [6, 6.07) is 5.58. The van der Waals surface area contributed by atoms with Crippen LogP contribution in [0.4, 0.5) is 0 Å². The number of likely N-dealkylation sites (N-methyl/N-ethyl adjacent to an activating group) is 1. The minimum absolute atomic E-state index is 0.0948. The van der Waals surface area contributed by atoms with Gasteiger partial charge >= 0.3 is 0 Å². The van der Waals surface area contributed by atoms with E-state index in [0.29, 0.717) is 6.61 Å². The van der Waals surface area contributed by atoms with Crippen LogP contribution in [0.25, 0.3) is 0 Å². The summed E-state index contributed by atoms with van der Waals surface area (Å²) < 4.78 is 5.58. The minimum atomic E-state index is 0.0948. The fraction of sp³-hybridized carbons (Fsp3) is 0.417. The number of nitrogen functional groups attached to an aromatic ring is 1. The van der Waals surface area contributed by atoms with E-state index in [1.165, 1.54) is 0 Å². The van der Waals surface area contributed by atoms with Crippen molar-refractivity contribution in [3.05, 3.63) is 29.3 Å². The molecule has 0 radical (unpaired) electrons. The van der Waals surface area contributed by atoms with Gasteiger partial charge < -0.3 is 15.4 Å². The molecule has 4 heteroatoms. The standard InChI is InChI=1S/C12H19N3O/c1-9-8-10(16-7-6-15(2)3)4-5-11(9)12(13)14/h4-5,8H,6-7H2,1-3H3,(H3,13,14). The lowest BCUT2D eigenvalue weighted by Gasteiger charge is -2.12. The van der Waals surface area contributed by atoms with Gasteiger partial charge in [-0.15, -0.1) is 0 Å². The second-order valence-electron chi connectivity index (χ2n) is 4.04. The molecule has 0 saturated carbocycles. The van der Waals surface area contributed by atoms with Gasteiger partial charge in [0.2, 0.25) is 0 Å². The van der Waals surface area contributed by atoms with Gasteiger partial charge in [-0.2, -0.15) is 0 Å². The van der Waals surface area contributed by atoms with Crippen LogP contribution in [0.1, 0.15) is 11.1 Å². The predicted octanol–water partition coefficient (Wildman–Crippen LogP) is 1.22. The van der Waals surface area contributed by atoms with E-state index in [9.17, 15) is 0 Å². The summed E-state index contributed by atoms with van der Waals surface area (Å²) >= 11 is 0. The first-order chi connectivity index (χ1) is 7.50. The molecule has 1 aromatic rings. The van der Waals surface area contributed by atoms with Crippen LogP contribution in [-0.4, -0.2) is 38.0 Å². The summed E-state index contributed by atoms with van der Waals surface area (Å²) in [5.74, 6) is 0.918. The number of ether oxygens (including phenoxy) is 1. The summed E-state index contributed by atoms with van der Waals surface area (Å²) in [4.78, 5) is 2.07. The van der Waals surface area contributed by atoms with E-state index >= 15 is 0 Å². The Morgan fingerprint density at radius 1 is 1.44 bits per heavy atom. The number of hydrogen-bond acceptors (Lipinski definition) is 3. The van der Waals surface area contributed by atoms with Gasteiger partial charge in [0, 0.05) is 12.1 Å². The highest BCUT2D eigenvalue weighted by Gasteiger charge is 2.03. The van der Waals surface area contributed by atoms with Crippen molar-refractivity contribution in [1.82, 2.24) is 4.90 Å². The first-order valence-electron chi connectivity index (χ1n) is 5.23. The fourth-order valence-corrected chi connectivity index (χ4v) is 1.37. The molecule has 0 heterocycles. The first-order valence-corrected chi connectivity index (χ1v) is 5.23. The number of nitrogens with two attached hydrogens (primary N) is 1. The van der Waals surface area contributed by atoms with Crippen molar-refractivity contribution in [2.24, 2.45) is 5.73 Å². The fourth-order valence-electron chi connectivity index (χ4n) is 1.37. The highest BCUT2D eigenvalue weighted by molar-refractivity contribution is 5.96. The predicted molar refractivity (Wildman–Crippen MR) is 66.2 cm³/mol. The molecule has 0 saturated heterocycles. The number of aryl methyl sites for hydroxylation is 1. The van der Waals surface area contributed by atoms with E-state index in [4.69, 9.17) is 15.9 Å². The lowest BCUT2D eigenvalue weighted by atomic mass is 10.1. The van der Waals surface area contributed by atoms with Gasteiger partial charge in [-0.1, -0.05) is 0 Å². The molecule has 0 unspecified atom stereocenters. The molecule has 88 valence electrons. The molecule has 0 amide bonds. The van der Waals surface area contributed by atoms with E-state index in [2.05, 4.69) is 4.90 Å². The van der Waals surface area contributed by atoms with E-state index < -0.39 is 0 Å². The number of amidine groups is 1. The number of rotatable bonds is 5.